The van der Waals surface area contributed by atoms with E-state index in [-0.39, 0.29) is 12.2 Å². The van der Waals surface area contributed by atoms with Crippen molar-refractivity contribution < 1.29 is 19.1 Å². The van der Waals surface area contributed by atoms with Crippen LogP contribution in [0.4, 0.5) is 10.5 Å². The minimum atomic E-state index is -0.833. The molecule has 1 aliphatic heterocycles. The zero-order chi connectivity index (χ0) is 21.1. The molecule has 3 rings (SSSR count). The highest BCUT2D eigenvalue weighted by molar-refractivity contribution is 9.10. The van der Waals surface area contributed by atoms with Gasteiger partial charge in [-0.05, 0) is 48.9 Å². The molecule has 8 heteroatoms. The van der Waals surface area contributed by atoms with Crippen molar-refractivity contribution in [3.8, 4) is 5.75 Å². The summed E-state index contributed by atoms with van der Waals surface area (Å²) in [7, 11) is 0. The average molecular weight is 476 g/mol. The summed E-state index contributed by atoms with van der Waals surface area (Å²) in [5, 5.41) is 2.56. The summed E-state index contributed by atoms with van der Waals surface area (Å²) in [4.78, 5) is 38.8. The largest absolute Gasteiger partial charge is 0.489 e. The lowest BCUT2D eigenvalue weighted by Crippen LogP contribution is -2.54. The molecule has 2 aromatic rings. The smallest absolute Gasteiger partial charge is 0.335 e. The van der Waals surface area contributed by atoms with Crippen molar-refractivity contribution in [3.05, 3.63) is 75.2 Å². The topological polar surface area (TPSA) is 75.7 Å². The van der Waals surface area contributed by atoms with Crippen LogP contribution in [0, 0.1) is 6.92 Å². The van der Waals surface area contributed by atoms with Gasteiger partial charge in [-0.25, -0.2) is 9.69 Å². The molecule has 1 heterocycles. The molecular weight excluding hydrogens is 460 g/mol. The number of hydrogen-bond donors (Lipinski definition) is 1. The Morgan fingerprint density at radius 3 is 2.69 bits per heavy atom. The van der Waals surface area contributed by atoms with Gasteiger partial charge in [0.2, 0.25) is 0 Å². The molecular formula is C21H16BrClN2O4. The van der Waals surface area contributed by atoms with Crippen molar-refractivity contribution in [1.82, 2.24) is 5.32 Å². The summed E-state index contributed by atoms with van der Waals surface area (Å²) in [5.74, 6) is -1.08. The van der Waals surface area contributed by atoms with Gasteiger partial charge in [0.15, 0.2) is 0 Å². The molecule has 1 N–H and O–H groups in total. The first-order valence-electron chi connectivity index (χ1n) is 8.52. The van der Waals surface area contributed by atoms with Crippen LogP contribution in [0.15, 0.2) is 59.1 Å². The number of ether oxygens (including phenoxy) is 1. The van der Waals surface area contributed by atoms with Crippen LogP contribution < -0.4 is 15.0 Å². The van der Waals surface area contributed by atoms with E-state index in [1.807, 2.05) is 0 Å². The van der Waals surface area contributed by atoms with E-state index in [2.05, 4.69) is 27.8 Å². The van der Waals surface area contributed by atoms with Crippen LogP contribution in [0.25, 0.3) is 6.08 Å². The van der Waals surface area contributed by atoms with Crippen LogP contribution in [0.1, 0.15) is 11.1 Å². The normalized spacial score (nSPS) is 15.5. The molecule has 0 atom stereocenters. The van der Waals surface area contributed by atoms with Crippen LogP contribution in [0.5, 0.6) is 5.75 Å². The van der Waals surface area contributed by atoms with Gasteiger partial charge < -0.3 is 4.74 Å². The number of barbiturate groups is 1. The summed E-state index contributed by atoms with van der Waals surface area (Å²) in [6.45, 7) is 5.60. The minimum Gasteiger partial charge on any atom is -0.489 e. The summed E-state index contributed by atoms with van der Waals surface area (Å²) in [6.07, 6.45) is 2.97. The number of nitrogens with zero attached hydrogens (tertiary/aromatic N) is 1. The fourth-order valence-electron chi connectivity index (χ4n) is 2.77. The van der Waals surface area contributed by atoms with Gasteiger partial charge in [-0.15, -0.1) is 0 Å². The Balaban J connectivity index is 2.08. The van der Waals surface area contributed by atoms with E-state index in [0.29, 0.717) is 27.6 Å². The number of aryl methyl sites for hydroxylation is 1. The van der Waals surface area contributed by atoms with Crippen LogP contribution in [-0.2, 0) is 9.59 Å². The van der Waals surface area contributed by atoms with E-state index in [1.165, 1.54) is 12.1 Å². The Hall–Kier alpha value is -2.90. The van der Waals surface area contributed by atoms with E-state index in [0.717, 1.165) is 9.37 Å². The number of hydrogen-bond acceptors (Lipinski definition) is 4. The fourth-order valence-corrected chi connectivity index (χ4v) is 3.31. The van der Waals surface area contributed by atoms with Gasteiger partial charge in [0.1, 0.15) is 17.9 Å². The lowest BCUT2D eigenvalue weighted by atomic mass is 10.1. The number of urea groups is 1. The molecule has 0 unspecified atom stereocenters. The van der Waals surface area contributed by atoms with E-state index >= 15 is 0 Å². The second-order valence-corrected chi connectivity index (χ2v) is 7.52. The second kappa shape index (κ2) is 8.63. The molecule has 1 saturated heterocycles. The second-order valence-electron chi connectivity index (χ2n) is 6.17. The van der Waals surface area contributed by atoms with Gasteiger partial charge >= 0.3 is 6.03 Å². The van der Waals surface area contributed by atoms with Crippen LogP contribution in [-0.4, -0.2) is 24.5 Å². The van der Waals surface area contributed by atoms with Crippen molar-refractivity contribution >= 4 is 57.1 Å². The first-order chi connectivity index (χ1) is 13.8. The van der Waals surface area contributed by atoms with Crippen molar-refractivity contribution in [3.63, 3.8) is 0 Å². The highest BCUT2D eigenvalue weighted by Gasteiger charge is 2.37. The minimum absolute atomic E-state index is 0.203. The lowest BCUT2D eigenvalue weighted by molar-refractivity contribution is -0.122. The summed E-state index contributed by atoms with van der Waals surface area (Å²) in [5.41, 5.74) is 1.25. The van der Waals surface area contributed by atoms with E-state index in [1.54, 1.807) is 43.3 Å². The number of carbonyl (C=O) groups is 3. The molecule has 0 bridgehead atoms. The Bertz CT molecular complexity index is 1060. The number of rotatable bonds is 5. The predicted molar refractivity (Wildman–Crippen MR) is 115 cm³/mol. The molecule has 0 saturated carbocycles. The van der Waals surface area contributed by atoms with Crippen LogP contribution >= 0.6 is 27.5 Å². The highest BCUT2D eigenvalue weighted by atomic mass is 79.9. The van der Waals surface area contributed by atoms with E-state index in [9.17, 15) is 14.4 Å². The Labute approximate surface area is 180 Å². The molecule has 6 nitrogen and oxygen atoms in total. The Morgan fingerprint density at radius 2 is 1.97 bits per heavy atom. The molecule has 0 spiro atoms. The first kappa shape index (κ1) is 20.8. The Kier molecular flexibility index (Phi) is 6.20. The van der Waals surface area contributed by atoms with Gasteiger partial charge in [0.25, 0.3) is 11.8 Å². The third kappa shape index (κ3) is 4.41. The summed E-state index contributed by atoms with van der Waals surface area (Å²) >= 11 is 9.40. The maximum absolute atomic E-state index is 13.1. The van der Waals surface area contributed by atoms with Gasteiger partial charge in [0, 0.05) is 15.1 Å². The zero-order valence-corrected chi connectivity index (χ0v) is 17.7. The number of carbonyl (C=O) groups excluding carboxylic acids is 3. The third-order valence-corrected chi connectivity index (χ3v) is 4.87. The van der Waals surface area contributed by atoms with Crippen LogP contribution in [0.3, 0.4) is 0 Å². The van der Waals surface area contributed by atoms with Crippen molar-refractivity contribution in [2.24, 2.45) is 0 Å². The number of nitrogens with one attached hydrogen (secondary N) is 1. The SMILES string of the molecule is C=CCOc1ccc(Br)cc1/C=C1\C(=O)NC(=O)N(c2cc(Cl)ccc2C)C1=O. The number of imide groups is 2. The molecule has 1 fully saturated rings. The standard InChI is InChI=1S/C21H16BrClN2O4/c1-3-8-29-18-7-5-14(22)9-13(18)10-16-19(26)24-21(28)25(20(16)27)17-11-15(23)6-4-12(17)2/h3-7,9-11H,1,8H2,2H3,(H,24,26,28)/b16-10+. The van der Waals surface area contributed by atoms with Gasteiger partial charge in [0.05, 0.1) is 5.69 Å². The van der Waals surface area contributed by atoms with Gasteiger partial charge in [-0.2, -0.15) is 0 Å². The number of anilines is 1. The number of halogens is 2. The Morgan fingerprint density at radius 1 is 1.21 bits per heavy atom. The first-order valence-corrected chi connectivity index (χ1v) is 9.69. The molecule has 0 aliphatic carbocycles. The molecule has 2 aromatic carbocycles. The molecule has 0 aromatic heterocycles. The highest BCUT2D eigenvalue weighted by Crippen LogP contribution is 2.30. The molecule has 0 radical (unpaired) electrons. The summed E-state index contributed by atoms with van der Waals surface area (Å²) < 4.78 is 6.33. The predicted octanol–water partition coefficient (Wildman–Crippen LogP) is 4.64. The molecule has 4 amide bonds. The van der Waals surface area contributed by atoms with Crippen molar-refractivity contribution in [2.45, 2.75) is 6.92 Å². The lowest BCUT2D eigenvalue weighted by Gasteiger charge is -2.27. The molecule has 29 heavy (non-hydrogen) atoms. The maximum Gasteiger partial charge on any atom is 0.335 e. The van der Waals surface area contributed by atoms with Gasteiger partial charge in [-0.3, -0.25) is 14.9 Å². The molecule has 148 valence electrons. The monoisotopic (exact) mass is 474 g/mol. The van der Waals surface area contributed by atoms with Gasteiger partial charge in [-0.1, -0.05) is 46.3 Å². The number of benzene rings is 2. The van der Waals surface area contributed by atoms with E-state index in [4.69, 9.17) is 16.3 Å². The van der Waals surface area contributed by atoms with Crippen molar-refractivity contribution in [1.29, 1.82) is 0 Å². The number of amides is 4. The quantitative estimate of drug-likeness (QED) is 0.388. The molecule has 1 aliphatic rings. The van der Waals surface area contributed by atoms with Crippen LogP contribution in [0.2, 0.25) is 5.02 Å². The van der Waals surface area contributed by atoms with E-state index < -0.39 is 17.8 Å². The summed E-state index contributed by atoms with van der Waals surface area (Å²) in [6, 6.07) is 9.19. The average Bonchev–Trinajstić information content (AvgIpc) is 2.67. The fraction of sp³-hybridized carbons (Fsp3) is 0.0952. The third-order valence-electron chi connectivity index (χ3n) is 4.14. The van der Waals surface area contributed by atoms with Crippen molar-refractivity contribution in [2.75, 3.05) is 11.5 Å². The maximum atomic E-state index is 13.1. The zero-order valence-electron chi connectivity index (χ0n) is 15.4.